The Morgan fingerprint density at radius 2 is 1.81 bits per heavy atom. The van der Waals surface area contributed by atoms with Crippen LogP contribution in [0.4, 0.5) is 9.59 Å². The van der Waals surface area contributed by atoms with E-state index in [1.54, 1.807) is 4.90 Å². The van der Waals surface area contributed by atoms with Crippen LogP contribution < -0.4 is 0 Å². The molecule has 32 heavy (non-hydrogen) atoms. The van der Waals surface area contributed by atoms with Crippen molar-refractivity contribution >= 4 is 12.2 Å². The number of hydrogen-bond acceptors (Lipinski definition) is 5. The van der Waals surface area contributed by atoms with Gasteiger partial charge in [-0.3, -0.25) is 0 Å². The number of aliphatic hydroxyl groups excluding tert-OH is 1. The molecule has 3 rings (SSSR count). The van der Waals surface area contributed by atoms with Crippen LogP contribution in [0, 0.1) is 5.41 Å². The van der Waals surface area contributed by atoms with E-state index in [-0.39, 0.29) is 36.9 Å². The maximum absolute atomic E-state index is 13.0. The van der Waals surface area contributed by atoms with Gasteiger partial charge in [0.2, 0.25) is 0 Å². The first-order valence-electron chi connectivity index (χ1n) is 11.8. The molecule has 1 heterocycles. The molecule has 0 radical (unpaired) electrons. The van der Waals surface area contributed by atoms with Gasteiger partial charge in [-0.05, 0) is 70.3 Å². The summed E-state index contributed by atoms with van der Waals surface area (Å²) in [4.78, 5) is 29.1. The first-order valence-corrected chi connectivity index (χ1v) is 11.8. The number of hydrogen-bond donors (Lipinski definition) is 1. The molecular formula is C25H38N2O5. The van der Waals surface area contributed by atoms with Gasteiger partial charge in [0.05, 0.1) is 0 Å². The van der Waals surface area contributed by atoms with E-state index in [4.69, 9.17) is 9.47 Å². The maximum atomic E-state index is 13.0. The second-order valence-electron chi connectivity index (χ2n) is 10.2. The maximum Gasteiger partial charge on any atom is 0.410 e. The van der Waals surface area contributed by atoms with Gasteiger partial charge >= 0.3 is 12.2 Å². The lowest BCUT2D eigenvalue weighted by Gasteiger charge is -2.44. The van der Waals surface area contributed by atoms with Gasteiger partial charge < -0.3 is 24.4 Å². The lowest BCUT2D eigenvalue weighted by atomic mass is 9.74. The van der Waals surface area contributed by atoms with Crippen molar-refractivity contribution in [2.75, 3.05) is 26.2 Å². The second-order valence-corrected chi connectivity index (χ2v) is 10.2. The summed E-state index contributed by atoms with van der Waals surface area (Å²) in [6.45, 7) is 7.79. The van der Waals surface area contributed by atoms with Gasteiger partial charge in [0.25, 0.3) is 0 Å². The fourth-order valence-corrected chi connectivity index (χ4v) is 4.32. The van der Waals surface area contributed by atoms with Crippen molar-refractivity contribution in [1.82, 2.24) is 9.80 Å². The third-order valence-electron chi connectivity index (χ3n) is 6.27. The smallest absolute Gasteiger partial charge is 0.410 e. The van der Waals surface area contributed by atoms with Gasteiger partial charge in [0.1, 0.15) is 12.2 Å². The average Bonchev–Trinajstić information content (AvgIpc) is 3.60. The van der Waals surface area contributed by atoms with Crippen LogP contribution in [0.15, 0.2) is 30.3 Å². The summed E-state index contributed by atoms with van der Waals surface area (Å²) in [7, 11) is 0. The standard InChI is InChI=1S/C25H38N2O5/c1-24(2,3)32-22(29)26-15-13-25(14-16-26,12-7-17-28)19-27(21-10-11-21)23(30)31-18-20-8-5-4-6-9-20/h4-6,8-9,21,28H,7,10-19H2,1-3H3. The highest BCUT2D eigenvalue weighted by Gasteiger charge is 2.43. The Morgan fingerprint density at radius 3 is 2.38 bits per heavy atom. The van der Waals surface area contributed by atoms with E-state index in [1.165, 1.54) is 0 Å². The molecule has 178 valence electrons. The summed E-state index contributed by atoms with van der Waals surface area (Å²) >= 11 is 0. The summed E-state index contributed by atoms with van der Waals surface area (Å²) < 4.78 is 11.2. The molecule has 1 saturated carbocycles. The molecule has 7 heteroatoms. The van der Waals surface area contributed by atoms with E-state index in [1.807, 2.05) is 56.0 Å². The molecule has 1 aromatic carbocycles. The Balaban J connectivity index is 1.62. The Labute approximate surface area is 191 Å². The first kappa shape index (κ1) is 24.4. The van der Waals surface area contributed by atoms with Crippen LogP contribution in [0.25, 0.3) is 0 Å². The summed E-state index contributed by atoms with van der Waals surface area (Å²) in [6, 6.07) is 9.94. The van der Waals surface area contributed by atoms with E-state index in [0.717, 1.165) is 37.7 Å². The first-order chi connectivity index (χ1) is 15.2. The molecule has 0 spiro atoms. The van der Waals surface area contributed by atoms with Crippen LogP contribution in [0.5, 0.6) is 0 Å². The highest BCUT2D eigenvalue weighted by atomic mass is 16.6. The van der Waals surface area contributed by atoms with Crippen LogP contribution in [0.2, 0.25) is 0 Å². The van der Waals surface area contributed by atoms with E-state index in [9.17, 15) is 14.7 Å². The van der Waals surface area contributed by atoms with E-state index in [0.29, 0.717) is 26.1 Å². The van der Waals surface area contributed by atoms with E-state index >= 15 is 0 Å². The molecule has 1 saturated heterocycles. The van der Waals surface area contributed by atoms with Crippen molar-refractivity contribution < 1.29 is 24.2 Å². The Kier molecular flexibility index (Phi) is 8.04. The van der Waals surface area contributed by atoms with Crippen LogP contribution in [-0.2, 0) is 16.1 Å². The molecule has 1 N–H and O–H groups in total. The third kappa shape index (κ3) is 7.12. The van der Waals surface area contributed by atoms with Crippen LogP contribution in [0.3, 0.4) is 0 Å². The molecule has 0 atom stereocenters. The number of benzene rings is 1. The minimum absolute atomic E-state index is 0.124. The topological polar surface area (TPSA) is 79.3 Å². The highest BCUT2D eigenvalue weighted by molar-refractivity contribution is 5.69. The highest BCUT2D eigenvalue weighted by Crippen LogP contribution is 2.40. The van der Waals surface area contributed by atoms with Crippen LogP contribution in [0.1, 0.15) is 64.9 Å². The predicted molar refractivity (Wildman–Crippen MR) is 122 cm³/mol. The number of piperidine rings is 1. The normalized spacial score (nSPS) is 18.2. The van der Waals surface area contributed by atoms with Crippen molar-refractivity contribution in [2.45, 2.75) is 77.5 Å². The van der Waals surface area contributed by atoms with Crippen molar-refractivity contribution in [3.05, 3.63) is 35.9 Å². The van der Waals surface area contributed by atoms with Crippen molar-refractivity contribution in [3.8, 4) is 0 Å². The van der Waals surface area contributed by atoms with Gasteiger partial charge in [-0.1, -0.05) is 30.3 Å². The molecule has 1 aromatic rings. The number of likely N-dealkylation sites (tertiary alicyclic amines) is 1. The van der Waals surface area contributed by atoms with Crippen molar-refractivity contribution in [2.24, 2.45) is 5.41 Å². The van der Waals surface area contributed by atoms with Crippen LogP contribution >= 0.6 is 0 Å². The minimum Gasteiger partial charge on any atom is -0.445 e. The molecule has 0 unspecified atom stereocenters. The second kappa shape index (κ2) is 10.6. The van der Waals surface area contributed by atoms with Gasteiger partial charge in [-0.25, -0.2) is 9.59 Å². The predicted octanol–water partition coefficient (Wildman–Crippen LogP) is 4.58. The summed E-state index contributed by atoms with van der Waals surface area (Å²) in [5.74, 6) is 0. The molecule has 0 bridgehead atoms. The van der Waals surface area contributed by atoms with Crippen LogP contribution in [-0.4, -0.2) is 65.0 Å². The zero-order chi connectivity index (χ0) is 23.2. The number of carbonyl (C=O) groups excluding carboxylic acids is 2. The Bertz CT molecular complexity index is 749. The average molecular weight is 447 g/mol. The van der Waals surface area contributed by atoms with E-state index in [2.05, 4.69) is 0 Å². The Hall–Kier alpha value is -2.28. The van der Waals surface area contributed by atoms with Gasteiger partial charge in [-0.15, -0.1) is 0 Å². The molecule has 1 aliphatic carbocycles. The lowest BCUT2D eigenvalue weighted by molar-refractivity contribution is -0.000647. The van der Waals surface area contributed by atoms with Gasteiger partial charge in [-0.2, -0.15) is 0 Å². The molecule has 1 aliphatic heterocycles. The summed E-state index contributed by atoms with van der Waals surface area (Å²) in [6.07, 6.45) is 4.51. The number of amides is 2. The van der Waals surface area contributed by atoms with Gasteiger partial charge in [0.15, 0.2) is 0 Å². The quantitative estimate of drug-likeness (QED) is 0.632. The lowest BCUT2D eigenvalue weighted by Crippen LogP contribution is -2.50. The zero-order valence-electron chi connectivity index (χ0n) is 19.7. The largest absolute Gasteiger partial charge is 0.445 e. The van der Waals surface area contributed by atoms with E-state index < -0.39 is 5.60 Å². The van der Waals surface area contributed by atoms with Gasteiger partial charge in [0, 0.05) is 32.3 Å². The molecule has 2 fully saturated rings. The fraction of sp³-hybridized carbons (Fsp3) is 0.680. The van der Waals surface area contributed by atoms with Crippen molar-refractivity contribution in [3.63, 3.8) is 0 Å². The molecule has 2 aliphatic rings. The number of carbonyl (C=O) groups is 2. The SMILES string of the molecule is CC(C)(C)OC(=O)N1CCC(CCCO)(CN(C(=O)OCc2ccccc2)C2CC2)CC1. The number of aliphatic hydroxyl groups is 1. The molecular weight excluding hydrogens is 408 g/mol. The fourth-order valence-electron chi connectivity index (χ4n) is 4.32. The zero-order valence-corrected chi connectivity index (χ0v) is 19.7. The Morgan fingerprint density at radius 1 is 1.16 bits per heavy atom. The van der Waals surface area contributed by atoms with Crippen molar-refractivity contribution in [1.29, 1.82) is 0 Å². The monoisotopic (exact) mass is 446 g/mol. The minimum atomic E-state index is -0.520. The summed E-state index contributed by atoms with van der Waals surface area (Å²) in [5, 5.41) is 9.46. The molecule has 0 aromatic heterocycles. The molecule has 7 nitrogen and oxygen atoms in total. The number of rotatable bonds is 8. The summed E-state index contributed by atoms with van der Waals surface area (Å²) in [5.41, 5.74) is 0.320. The third-order valence-corrected chi connectivity index (χ3v) is 6.27. The molecule has 2 amide bonds. The number of ether oxygens (including phenoxy) is 2. The number of nitrogens with zero attached hydrogens (tertiary/aromatic N) is 2.